The molecule has 3 heteroatoms. The molecule has 0 radical (unpaired) electrons. The minimum atomic E-state index is -1.08. The summed E-state index contributed by atoms with van der Waals surface area (Å²) >= 11 is 0. The third-order valence-corrected chi connectivity index (χ3v) is 6.46. The highest BCUT2D eigenvalue weighted by Crippen LogP contribution is 2.12. The Hall–Kier alpha value is -0.180. The summed E-state index contributed by atoms with van der Waals surface area (Å²) in [5.74, 6) is 3.54. The maximum atomic E-state index is 8.89. The zero-order valence-electron chi connectivity index (χ0n) is 16.3. The first kappa shape index (κ1) is 25.1. The van der Waals surface area contributed by atoms with Crippen LogP contribution in [0.3, 0.4) is 0 Å². The molecule has 0 saturated heterocycles. The normalized spacial score (nSPS) is 10.5. The van der Waals surface area contributed by atoms with Crippen LogP contribution in [0.15, 0.2) is 0 Å². The van der Waals surface area contributed by atoms with Crippen LogP contribution in [0.1, 0.15) is 105 Å². The topological polar surface area (TPSA) is 40.1 Å². The van der Waals surface area contributed by atoms with Crippen LogP contribution in [0.4, 0.5) is 0 Å². The van der Waals surface area contributed by atoms with E-state index in [4.69, 9.17) is 9.90 Å². The predicted octanol–water partition coefficient (Wildman–Crippen LogP) is 5.10. The molecular weight excluding hydrogens is 304 g/mol. The number of carboxylic acids is 1. The summed E-state index contributed by atoms with van der Waals surface area (Å²) in [6.45, 7) is 7.92. The minimum absolute atomic E-state index is 0.765. The molecule has 2 nitrogen and oxygen atoms in total. The van der Waals surface area contributed by atoms with Crippen molar-refractivity contribution < 1.29 is 9.90 Å². The fourth-order valence-electron chi connectivity index (χ4n) is 2.51. The zero-order valence-corrected chi connectivity index (χ0v) is 17.1. The molecular formula is C20H42O2S. The predicted molar refractivity (Wildman–Crippen MR) is 105 cm³/mol. The number of carbonyl (C=O) groups excluding carboxylic acids is 1. The summed E-state index contributed by atoms with van der Waals surface area (Å²) in [5.41, 5.74) is 0. The van der Waals surface area contributed by atoms with Gasteiger partial charge in [-0.3, -0.25) is 0 Å². The summed E-state index contributed by atoms with van der Waals surface area (Å²) in [5, 5.41) is 8.89. The number of rotatable bonds is 15. The third-order valence-electron chi connectivity index (χ3n) is 3.86. The maximum absolute atomic E-state index is 8.89. The van der Waals surface area contributed by atoms with Crippen LogP contribution in [-0.4, -0.2) is 23.2 Å². The monoisotopic (exact) mass is 346 g/mol. The highest BCUT2D eigenvalue weighted by atomic mass is 32.2. The first-order valence-corrected chi connectivity index (χ1v) is 11.6. The van der Waals surface area contributed by atoms with Gasteiger partial charge in [0.2, 0.25) is 0 Å². The first-order chi connectivity index (χ1) is 11.1. The first-order valence-electron chi connectivity index (χ1n) is 9.90. The fraction of sp³-hybridized carbons (Fsp3) is 0.950. The van der Waals surface area contributed by atoms with Crippen molar-refractivity contribution >= 4 is 16.9 Å². The van der Waals surface area contributed by atoms with Crippen molar-refractivity contribution in [1.82, 2.24) is 0 Å². The molecule has 23 heavy (non-hydrogen) atoms. The van der Waals surface area contributed by atoms with Gasteiger partial charge in [0.15, 0.2) is 0 Å². The lowest BCUT2D eigenvalue weighted by molar-refractivity contribution is -0.302. The van der Waals surface area contributed by atoms with Crippen molar-refractivity contribution in [3.05, 3.63) is 0 Å². The molecule has 0 aliphatic heterocycles. The Balaban J connectivity index is 0. The summed E-state index contributed by atoms with van der Waals surface area (Å²) in [7, 11) is 0.765. The number of hydrogen-bond donors (Lipinski definition) is 0. The van der Waals surface area contributed by atoms with Crippen LogP contribution in [-0.2, 0) is 15.7 Å². The molecule has 0 aliphatic rings. The Bertz CT molecular complexity index is 199. The second kappa shape index (κ2) is 21.8. The number of unbranched alkanes of at least 4 members (excludes halogenated alkanes) is 9. The van der Waals surface area contributed by atoms with Gasteiger partial charge in [0.25, 0.3) is 0 Å². The molecule has 140 valence electrons. The largest absolute Gasteiger partial charge is 0.550 e. The molecule has 0 unspecified atom stereocenters. The van der Waals surface area contributed by atoms with Crippen LogP contribution < -0.4 is 5.11 Å². The van der Waals surface area contributed by atoms with Crippen molar-refractivity contribution in [2.24, 2.45) is 0 Å². The van der Waals surface area contributed by atoms with Gasteiger partial charge in [-0.1, -0.05) is 59.3 Å². The Morgan fingerprint density at radius 1 is 0.652 bits per heavy atom. The van der Waals surface area contributed by atoms with Gasteiger partial charge >= 0.3 is 0 Å². The molecule has 0 heterocycles. The number of carbonyl (C=O) groups is 1. The second-order valence-electron chi connectivity index (χ2n) is 6.40. The van der Waals surface area contributed by atoms with Gasteiger partial charge < -0.3 is 9.90 Å². The average molecular weight is 347 g/mol. The average Bonchev–Trinajstić information content (AvgIpc) is 2.50. The lowest BCUT2D eigenvalue weighted by atomic mass is 10.2. The molecule has 0 aliphatic carbocycles. The van der Waals surface area contributed by atoms with Gasteiger partial charge in [0.1, 0.15) is 17.3 Å². The molecule has 0 rings (SSSR count). The molecule has 0 saturated carbocycles. The quantitative estimate of drug-likeness (QED) is 0.306. The maximum Gasteiger partial charge on any atom is 0.108 e. The molecule has 0 spiro atoms. The molecule has 0 bridgehead atoms. The lowest BCUT2D eigenvalue weighted by Gasteiger charge is -2.09. The molecule has 0 aromatic heterocycles. The van der Waals surface area contributed by atoms with Crippen molar-refractivity contribution in [3.8, 4) is 0 Å². The van der Waals surface area contributed by atoms with Crippen molar-refractivity contribution in [1.29, 1.82) is 0 Å². The number of carboxylic acid groups (broad SMARTS) is 1. The standard InChI is InChI=1S/C18H39S.C2H4O2/c1-4-7-10-13-16-19(17-14-11-8-5-2)18-15-12-9-6-3;1-2(3)4/h4-18H2,1-3H3;1H3,(H,3,4)/q+1;/p-1. The van der Waals surface area contributed by atoms with E-state index in [9.17, 15) is 0 Å². The summed E-state index contributed by atoms with van der Waals surface area (Å²) in [6, 6.07) is 0. The summed E-state index contributed by atoms with van der Waals surface area (Å²) in [4.78, 5) is 8.89. The molecule has 0 atom stereocenters. The van der Waals surface area contributed by atoms with Crippen LogP contribution in [0.25, 0.3) is 0 Å². The van der Waals surface area contributed by atoms with Crippen molar-refractivity contribution in [3.63, 3.8) is 0 Å². The minimum Gasteiger partial charge on any atom is -0.550 e. The van der Waals surface area contributed by atoms with Gasteiger partial charge in [0, 0.05) is 5.97 Å². The van der Waals surface area contributed by atoms with Crippen molar-refractivity contribution in [2.45, 2.75) is 105 Å². The van der Waals surface area contributed by atoms with Gasteiger partial charge in [0.05, 0.1) is 0 Å². The van der Waals surface area contributed by atoms with Gasteiger partial charge in [-0.25, -0.2) is 0 Å². The fourth-order valence-corrected chi connectivity index (χ4v) is 4.95. The second-order valence-corrected chi connectivity index (χ2v) is 8.85. The SMILES string of the molecule is CC(=O)[O-].CCCCCC[S+](CCCCCC)CCCCCC. The van der Waals surface area contributed by atoms with E-state index < -0.39 is 5.97 Å². The van der Waals surface area contributed by atoms with Crippen LogP contribution in [0.2, 0.25) is 0 Å². The van der Waals surface area contributed by atoms with Crippen LogP contribution in [0, 0.1) is 0 Å². The Labute approximate surface area is 149 Å². The van der Waals surface area contributed by atoms with Crippen LogP contribution >= 0.6 is 0 Å². The summed E-state index contributed by atoms with van der Waals surface area (Å²) < 4.78 is 0. The van der Waals surface area contributed by atoms with E-state index in [0.29, 0.717) is 0 Å². The molecule has 0 aromatic rings. The smallest absolute Gasteiger partial charge is 0.108 e. The van der Waals surface area contributed by atoms with E-state index >= 15 is 0 Å². The van der Waals surface area contributed by atoms with E-state index in [2.05, 4.69) is 20.8 Å². The van der Waals surface area contributed by atoms with E-state index in [-0.39, 0.29) is 0 Å². The van der Waals surface area contributed by atoms with E-state index in [0.717, 1.165) is 17.8 Å². The Morgan fingerprint density at radius 3 is 1.13 bits per heavy atom. The molecule has 0 aromatic carbocycles. The van der Waals surface area contributed by atoms with Gasteiger partial charge in [-0.05, 0) is 56.3 Å². The molecule has 0 amide bonds. The van der Waals surface area contributed by atoms with Crippen LogP contribution in [0.5, 0.6) is 0 Å². The third kappa shape index (κ3) is 27.0. The highest BCUT2D eigenvalue weighted by molar-refractivity contribution is 7.96. The zero-order chi connectivity index (χ0) is 17.8. The van der Waals surface area contributed by atoms with Gasteiger partial charge in [-0.2, -0.15) is 0 Å². The number of hydrogen-bond acceptors (Lipinski definition) is 2. The lowest BCUT2D eigenvalue weighted by Crippen LogP contribution is -2.16. The Morgan fingerprint density at radius 2 is 0.913 bits per heavy atom. The number of aliphatic carboxylic acids is 1. The summed E-state index contributed by atoms with van der Waals surface area (Å²) in [6.07, 6.45) is 17.4. The van der Waals surface area contributed by atoms with Gasteiger partial charge in [-0.15, -0.1) is 0 Å². The van der Waals surface area contributed by atoms with E-state index in [1.165, 1.54) is 94.3 Å². The van der Waals surface area contributed by atoms with Crippen molar-refractivity contribution in [2.75, 3.05) is 17.3 Å². The van der Waals surface area contributed by atoms with E-state index in [1.807, 2.05) is 0 Å². The molecule has 0 fully saturated rings. The molecule has 0 N–H and O–H groups in total. The Kier molecular flexibility index (Phi) is 23.8. The van der Waals surface area contributed by atoms with E-state index in [1.54, 1.807) is 0 Å². The highest BCUT2D eigenvalue weighted by Gasteiger charge is 2.16.